The maximum Gasteiger partial charge on any atom is 0.234 e. The largest absolute Gasteiger partial charge is 0.444 e. The summed E-state index contributed by atoms with van der Waals surface area (Å²) < 4.78 is 5.70. The molecule has 0 aromatic carbocycles. The Labute approximate surface area is 101 Å². The quantitative estimate of drug-likeness (QED) is 0.830. The van der Waals surface area contributed by atoms with Crippen LogP contribution in [0.2, 0.25) is 0 Å². The van der Waals surface area contributed by atoms with Crippen LogP contribution in [0.25, 0.3) is 0 Å². The molecule has 1 fully saturated rings. The summed E-state index contributed by atoms with van der Waals surface area (Å²) in [4.78, 5) is 17.5. The van der Waals surface area contributed by atoms with Gasteiger partial charge in [-0.2, -0.15) is 0 Å². The normalized spacial score (nSPS) is 18.2. The van der Waals surface area contributed by atoms with Crippen LogP contribution in [0, 0.1) is 0 Å². The van der Waals surface area contributed by atoms with Crippen LogP contribution in [-0.4, -0.2) is 35.4 Å². The topological polar surface area (TPSA) is 58.4 Å². The second-order valence-electron chi connectivity index (χ2n) is 5.43. The minimum Gasteiger partial charge on any atom is -0.444 e. The first-order valence-corrected chi connectivity index (χ1v) is 5.89. The molecule has 5 heteroatoms. The monoisotopic (exact) mass is 237 g/mol. The highest BCUT2D eigenvalue weighted by atomic mass is 16.4. The molecule has 0 aliphatic carbocycles. The summed E-state index contributed by atoms with van der Waals surface area (Å²) >= 11 is 0. The van der Waals surface area contributed by atoms with Gasteiger partial charge in [0.15, 0.2) is 0 Å². The van der Waals surface area contributed by atoms with E-state index in [0.29, 0.717) is 25.5 Å². The number of carbonyl (C=O) groups excluding carboxylic acids is 1. The van der Waals surface area contributed by atoms with E-state index >= 15 is 0 Å². The zero-order chi connectivity index (χ0) is 12.5. The van der Waals surface area contributed by atoms with Crippen molar-refractivity contribution in [3.63, 3.8) is 0 Å². The van der Waals surface area contributed by atoms with E-state index in [9.17, 15) is 4.79 Å². The lowest BCUT2D eigenvalue weighted by Gasteiger charge is -2.24. The number of oxazole rings is 1. The van der Waals surface area contributed by atoms with E-state index in [-0.39, 0.29) is 11.3 Å². The molecule has 1 aromatic heterocycles. The zero-order valence-corrected chi connectivity index (χ0v) is 10.6. The molecule has 1 amide bonds. The number of hydrogen-bond acceptors (Lipinski definition) is 4. The number of aromatic nitrogens is 1. The molecule has 1 aliphatic heterocycles. The molecule has 0 radical (unpaired) electrons. The summed E-state index contributed by atoms with van der Waals surface area (Å²) in [5.41, 5.74) is -0.0233. The Morgan fingerprint density at radius 2 is 2.29 bits per heavy atom. The van der Waals surface area contributed by atoms with Crippen LogP contribution in [0.4, 0.5) is 0 Å². The zero-order valence-electron chi connectivity index (χ0n) is 10.6. The first kappa shape index (κ1) is 12.1. The molecular weight excluding hydrogens is 218 g/mol. The smallest absolute Gasteiger partial charge is 0.234 e. The Morgan fingerprint density at radius 1 is 1.53 bits per heavy atom. The average molecular weight is 237 g/mol. The lowest BCUT2D eigenvalue weighted by atomic mass is 9.94. The third-order valence-electron chi connectivity index (χ3n) is 2.77. The van der Waals surface area contributed by atoms with Gasteiger partial charge in [-0.25, -0.2) is 4.98 Å². The number of rotatable bonds is 2. The third kappa shape index (κ3) is 3.06. The molecule has 1 N–H and O–H groups in total. The molecule has 0 spiro atoms. The van der Waals surface area contributed by atoms with Gasteiger partial charge in [-0.1, -0.05) is 20.8 Å². The van der Waals surface area contributed by atoms with Crippen LogP contribution in [0.1, 0.15) is 32.4 Å². The second-order valence-corrected chi connectivity index (χ2v) is 5.43. The Hall–Kier alpha value is -1.36. The van der Waals surface area contributed by atoms with Crippen molar-refractivity contribution in [3.05, 3.63) is 17.8 Å². The summed E-state index contributed by atoms with van der Waals surface area (Å²) in [5, 5.41) is 2.80. The van der Waals surface area contributed by atoms with Gasteiger partial charge in [-0.05, 0) is 0 Å². The van der Waals surface area contributed by atoms with Gasteiger partial charge < -0.3 is 9.73 Å². The molecule has 1 saturated heterocycles. The standard InChI is InChI=1S/C12H19N3O2/c1-12(2,3)9-6-14-11(17-9)8-15-5-4-13-10(16)7-15/h6H,4-5,7-8H2,1-3H3,(H,13,16). The molecule has 0 saturated carbocycles. The van der Waals surface area contributed by atoms with Crippen LogP contribution in [-0.2, 0) is 16.8 Å². The van der Waals surface area contributed by atoms with E-state index in [1.807, 2.05) is 4.90 Å². The molecule has 5 nitrogen and oxygen atoms in total. The minimum absolute atomic E-state index is 0.0233. The summed E-state index contributed by atoms with van der Waals surface area (Å²) in [6, 6.07) is 0. The Kier molecular flexibility index (Phi) is 3.19. The molecule has 0 unspecified atom stereocenters. The van der Waals surface area contributed by atoms with E-state index in [2.05, 4.69) is 31.1 Å². The Balaban J connectivity index is 1.99. The fraction of sp³-hybridized carbons (Fsp3) is 0.667. The summed E-state index contributed by atoms with van der Waals surface area (Å²) in [7, 11) is 0. The van der Waals surface area contributed by atoms with Gasteiger partial charge in [-0.3, -0.25) is 9.69 Å². The summed E-state index contributed by atoms with van der Waals surface area (Å²) in [5.74, 6) is 1.64. The van der Waals surface area contributed by atoms with E-state index < -0.39 is 0 Å². The van der Waals surface area contributed by atoms with Gasteiger partial charge >= 0.3 is 0 Å². The van der Waals surface area contributed by atoms with E-state index in [0.717, 1.165) is 12.3 Å². The highest BCUT2D eigenvalue weighted by Crippen LogP contribution is 2.23. The highest BCUT2D eigenvalue weighted by molar-refractivity contribution is 5.78. The third-order valence-corrected chi connectivity index (χ3v) is 2.77. The molecule has 94 valence electrons. The number of amides is 1. The number of piperazine rings is 1. The minimum atomic E-state index is -0.0233. The highest BCUT2D eigenvalue weighted by Gasteiger charge is 2.21. The average Bonchev–Trinajstić information content (AvgIpc) is 2.65. The van der Waals surface area contributed by atoms with Crippen molar-refractivity contribution in [2.45, 2.75) is 32.7 Å². The molecule has 1 aliphatic rings. The lowest BCUT2D eigenvalue weighted by molar-refractivity contribution is -0.124. The van der Waals surface area contributed by atoms with Crippen molar-refractivity contribution in [2.75, 3.05) is 19.6 Å². The maximum atomic E-state index is 11.2. The van der Waals surface area contributed by atoms with Crippen LogP contribution < -0.4 is 5.32 Å². The summed E-state index contributed by atoms with van der Waals surface area (Å²) in [6.07, 6.45) is 1.78. The predicted molar refractivity (Wildman–Crippen MR) is 63.5 cm³/mol. The van der Waals surface area contributed by atoms with Crippen molar-refractivity contribution in [2.24, 2.45) is 0 Å². The van der Waals surface area contributed by atoms with Gasteiger partial charge in [-0.15, -0.1) is 0 Å². The molecule has 2 heterocycles. The van der Waals surface area contributed by atoms with Crippen LogP contribution >= 0.6 is 0 Å². The van der Waals surface area contributed by atoms with Crippen LogP contribution in [0.3, 0.4) is 0 Å². The maximum absolute atomic E-state index is 11.2. The molecule has 2 rings (SSSR count). The molecule has 0 atom stereocenters. The Bertz CT molecular complexity index is 406. The lowest BCUT2D eigenvalue weighted by Crippen LogP contribution is -2.47. The summed E-state index contributed by atoms with van der Waals surface area (Å²) in [6.45, 7) is 8.84. The predicted octanol–water partition coefficient (Wildman–Crippen LogP) is 0.904. The number of hydrogen-bond donors (Lipinski definition) is 1. The van der Waals surface area contributed by atoms with Gasteiger partial charge in [0, 0.05) is 18.5 Å². The first-order chi connectivity index (χ1) is 7.95. The fourth-order valence-corrected chi connectivity index (χ4v) is 1.75. The Morgan fingerprint density at radius 3 is 2.88 bits per heavy atom. The van der Waals surface area contributed by atoms with Crippen molar-refractivity contribution in [3.8, 4) is 0 Å². The fourth-order valence-electron chi connectivity index (χ4n) is 1.75. The van der Waals surface area contributed by atoms with Crippen molar-refractivity contribution >= 4 is 5.91 Å². The van der Waals surface area contributed by atoms with Gasteiger partial charge in [0.05, 0.1) is 19.3 Å². The molecule has 17 heavy (non-hydrogen) atoms. The molecule has 1 aromatic rings. The van der Waals surface area contributed by atoms with Gasteiger partial charge in [0.1, 0.15) is 5.76 Å². The van der Waals surface area contributed by atoms with Crippen LogP contribution in [0.5, 0.6) is 0 Å². The van der Waals surface area contributed by atoms with Gasteiger partial charge in [0.2, 0.25) is 11.8 Å². The molecular formula is C12H19N3O2. The number of nitrogens with zero attached hydrogens (tertiary/aromatic N) is 2. The van der Waals surface area contributed by atoms with Crippen LogP contribution in [0.15, 0.2) is 10.6 Å². The van der Waals surface area contributed by atoms with E-state index in [4.69, 9.17) is 4.42 Å². The van der Waals surface area contributed by atoms with Crippen molar-refractivity contribution in [1.29, 1.82) is 0 Å². The van der Waals surface area contributed by atoms with Gasteiger partial charge in [0.25, 0.3) is 0 Å². The molecule has 0 bridgehead atoms. The SMILES string of the molecule is CC(C)(C)c1cnc(CN2CCNC(=O)C2)o1. The van der Waals surface area contributed by atoms with E-state index in [1.54, 1.807) is 6.20 Å². The van der Waals surface area contributed by atoms with Crippen molar-refractivity contribution in [1.82, 2.24) is 15.2 Å². The second kappa shape index (κ2) is 4.49. The van der Waals surface area contributed by atoms with E-state index in [1.165, 1.54) is 0 Å². The van der Waals surface area contributed by atoms with Crippen molar-refractivity contribution < 1.29 is 9.21 Å². The number of nitrogens with one attached hydrogen (secondary N) is 1. The number of carbonyl (C=O) groups is 1. The first-order valence-electron chi connectivity index (χ1n) is 5.89.